The molecule has 0 atom stereocenters. The van der Waals surface area contributed by atoms with Gasteiger partial charge in [-0.15, -0.1) is 11.8 Å². The maximum absolute atomic E-state index is 12.1. The van der Waals surface area contributed by atoms with E-state index in [2.05, 4.69) is 20.4 Å². The normalized spacial score (nSPS) is 10.7. The minimum atomic E-state index is -1.19. The number of nitrogens with one attached hydrogen (secondary N) is 1. The van der Waals surface area contributed by atoms with Gasteiger partial charge in [-0.05, 0) is 17.7 Å². The number of carbonyl (C=O) groups is 2. The zero-order valence-corrected chi connectivity index (χ0v) is 13.6. The van der Waals surface area contributed by atoms with Gasteiger partial charge < -0.3 is 15.5 Å². The molecule has 0 saturated carbocycles. The number of rotatable bonds is 6. The Morgan fingerprint density at radius 3 is 2.76 bits per heavy atom. The topological polar surface area (TPSA) is 130 Å². The van der Waals surface area contributed by atoms with Gasteiger partial charge in [0.15, 0.2) is 5.65 Å². The number of fused-ring (bicyclic) bond motifs is 1. The second kappa shape index (κ2) is 7.18. The zero-order chi connectivity index (χ0) is 17.8. The van der Waals surface area contributed by atoms with Crippen LogP contribution in [0, 0.1) is 0 Å². The summed E-state index contributed by atoms with van der Waals surface area (Å²) in [5.41, 5.74) is 1.07. The molecule has 0 spiro atoms. The molecule has 10 heteroatoms. The Morgan fingerprint density at radius 1 is 1.28 bits per heavy atom. The summed E-state index contributed by atoms with van der Waals surface area (Å²) in [6, 6.07) is 5.15. The maximum atomic E-state index is 12.1. The standard InChI is InChI=1S/C15H13N5O4S/c21-10-5-11(25-7-9-1-3-16-4-2-9)20-14(18-8-19-20)13(10)15(24)17-6-12(22)23/h1-5,8,21H,6-7H2,(H,17,24)(H,22,23). The van der Waals surface area contributed by atoms with Crippen LogP contribution in [0.5, 0.6) is 5.75 Å². The molecule has 0 unspecified atom stereocenters. The van der Waals surface area contributed by atoms with Crippen molar-refractivity contribution >= 4 is 29.3 Å². The summed E-state index contributed by atoms with van der Waals surface area (Å²) < 4.78 is 1.43. The van der Waals surface area contributed by atoms with Crippen LogP contribution in [0.1, 0.15) is 15.9 Å². The van der Waals surface area contributed by atoms with Gasteiger partial charge in [-0.2, -0.15) is 5.10 Å². The molecule has 3 rings (SSSR count). The van der Waals surface area contributed by atoms with Crippen molar-refractivity contribution in [1.29, 1.82) is 0 Å². The van der Waals surface area contributed by atoms with E-state index in [0.717, 1.165) is 5.56 Å². The molecule has 1 amide bonds. The number of aromatic nitrogens is 4. The number of carboxylic acids is 1. The Bertz CT molecular complexity index is 928. The maximum Gasteiger partial charge on any atom is 0.322 e. The van der Waals surface area contributed by atoms with Crippen LogP contribution < -0.4 is 5.32 Å². The number of carbonyl (C=O) groups excluding carboxylic acids is 1. The minimum absolute atomic E-state index is 0.119. The van der Waals surface area contributed by atoms with Crippen LogP contribution in [-0.2, 0) is 10.5 Å². The number of hydrogen-bond donors (Lipinski definition) is 3. The highest BCUT2D eigenvalue weighted by Crippen LogP contribution is 2.30. The smallest absolute Gasteiger partial charge is 0.322 e. The summed E-state index contributed by atoms with van der Waals surface area (Å²) in [5, 5.41) is 25.8. The van der Waals surface area contributed by atoms with Crippen molar-refractivity contribution in [1.82, 2.24) is 24.9 Å². The third kappa shape index (κ3) is 3.69. The summed E-state index contributed by atoms with van der Waals surface area (Å²) >= 11 is 1.41. The van der Waals surface area contributed by atoms with E-state index in [-0.39, 0.29) is 17.0 Å². The molecule has 0 fully saturated rings. The molecule has 128 valence electrons. The van der Waals surface area contributed by atoms with Gasteiger partial charge in [-0.1, -0.05) is 0 Å². The number of amides is 1. The minimum Gasteiger partial charge on any atom is -0.507 e. The van der Waals surface area contributed by atoms with Crippen molar-refractivity contribution in [2.75, 3.05) is 6.54 Å². The molecule has 3 heterocycles. The Kier molecular flexibility index (Phi) is 4.80. The fraction of sp³-hybridized carbons (Fsp3) is 0.133. The molecule has 0 aliphatic rings. The van der Waals surface area contributed by atoms with Crippen molar-refractivity contribution in [3.05, 3.63) is 48.0 Å². The summed E-state index contributed by atoms with van der Waals surface area (Å²) in [6.45, 7) is -0.558. The molecule has 9 nitrogen and oxygen atoms in total. The largest absolute Gasteiger partial charge is 0.507 e. The second-order valence-corrected chi connectivity index (χ2v) is 5.95. The highest BCUT2D eigenvalue weighted by atomic mass is 32.2. The Hall–Kier alpha value is -3.14. The first-order valence-corrected chi connectivity index (χ1v) is 8.12. The number of nitrogens with zero attached hydrogens (tertiary/aromatic N) is 4. The van der Waals surface area contributed by atoms with Crippen LogP contribution in [0.25, 0.3) is 5.65 Å². The Morgan fingerprint density at radius 2 is 2.04 bits per heavy atom. The molecule has 3 N–H and O–H groups in total. The summed E-state index contributed by atoms with van der Waals surface area (Å²) in [7, 11) is 0. The predicted octanol–water partition coefficient (Wildman–Crippen LogP) is 0.937. The predicted molar refractivity (Wildman–Crippen MR) is 88.4 cm³/mol. The van der Waals surface area contributed by atoms with E-state index in [9.17, 15) is 14.7 Å². The summed E-state index contributed by atoms with van der Waals surface area (Å²) in [4.78, 5) is 30.7. The number of carboxylic acid groups (broad SMARTS) is 1. The number of pyridine rings is 2. The summed E-state index contributed by atoms with van der Waals surface area (Å²) in [6.07, 6.45) is 4.64. The number of hydrogen-bond acceptors (Lipinski definition) is 7. The van der Waals surface area contributed by atoms with Gasteiger partial charge in [-0.3, -0.25) is 14.6 Å². The molecule has 0 aliphatic carbocycles. The van der Waals surface area contributed by atoms with Gasteiger partial charge in [-0.25, -0.2) is 9.50 Å². The molecule has 0 aliphatic heterocycles. The van der Waals surface area contributed by atoms with E-state index in [1.165, 1.54) is 28.7 Å². The molecule has 0 bridgehead atoms. The van der Waals surface area contributed by atoms with E-state index >= 15 is 0 Å². The molecule has 25 heavy (non-hydrogen) atoms. The van der Waals surface area contributed by atoms with E-state index in [1.807, 2.05) is 12.1 Å². The molecule has 0 aromatic carbocycles. The lowest BCUT2D eigenvalue weighted by atomic mass is 10.2. The van der Waals surface area contributed by atoms with Gasteiger partial charge in [0.2, 0.25) is 0 Å². The van der Waals surface area contributed by atoms with Crippen LogP contribution in [0.15, 0.2) is 41.9 Å². The quantitative estimate of drug-likeness (QED) is 0.554. The zero-order valence-electron chi connectivity index (χ0n) is 12.8. The molecule has 0 radical (unpaired) electrons. The van der Waals surface area contributed by atoms with Gasteiger partial charge in [0.05, 0.1) is 0 Å². The third-order valence-corrected chi connectivity index (χ3v) is 4.32. The average Bonchev–Trinajstić information content (AvgIpc) is 3.08. The van der Waals surface area contributed by atoms with Crippen LogP contribution >= 0.6 is 11.8 Å². The highest BCUT2D eigenvalue weighted by molar-refractivity contribution is 7.98. The van der Waals surface area contributed by atoms with Gasteiger partial charge in [0.25, 0.3) is 5.91 Å². The van der Waals surface area contributed by atoms with Crippen molar-refractivity contribution in [2.45, 2.75) is 10.8 Å². The molecule has 3 aromatic rings. The SMILES string of the molecule is O=C(O)CNC(=O)c1c(O)cc(SCc2ccncc2)n2ncnc12. The first-order chi connectivity index (χ1) is 12.1. The summed E-state index contributed by atoms with van der Waals surface area (Å²) in [5.74, 6) is -1.60. The number of aliphatic carboxylic acids is 1. The highest BCUT2D eigenvalue weighted by Gasteiger charge is 2.21. The lowest BCUT2D eigenvalue weighted by Crippen LogP contribution is -2.29. The van der Waals surface area contributed by atoms with Crippen LogP contribution in [0.4, 0.5) is 0 Å². The monoisotopic (exact) mass is 359 g/mol. The first-order valence-electron chi connectivity index (χ1n) is 7.13. The average molecular weight is 359 g/mol. The van der Waals surface area contributed by atoms with Crippen LogP contribution in [0.2, 0.25) is 0 Å². The third-order valence-electron chi connectivity index (χ3n) is 3.26. The van der Waals surface area contributed by atoms with Gasteiger partial charge in [0, 0.05) is 24.2 Å². The number of aromatic hydroxyl groups is 1. The first kappa shape index (κ1) is 16.7. The lowest BCUT2D eigenvalue weighted by molar-refractivity contribution is -0.135. The van der Waals surface area contributed by atoms with Gasteiger partial charge in [0.1, 0.15) is 29.2 Å². The van der Waals surface area contributed by atoms with Crippen LogP contribution in [-0.4, -0.2) is 48.2 Å². The second-order valence-electron chi connectivity index (χ2n) is 4.96. The van der Waals surface area contributed by atoms with E-state index in [4.69, 9.17) is 5.11 Å². The Balaban J connectivity index is 1.90. The Labute approximate surface area is 145 Å². The fourth-order valence-corrected chi connectivity index (χ4v) is 3.10. The molecule has 3 aromatic heterocycles. The van der Waals surface area contributed by atoms with Crippen molar-refractivity contribution in [3.63, 3.8) is 0 Å². The van der Waals surface area contributed by atoms with Crippen molar-refractivity contribution in [3.8, 4) is 5.75 Å². The van der Waals surface area contributed by atoms with Crippen molar-refractivity contribution in [2.24, 2.45) is 0 Å². The molecular weight excluding hydrogens is 346 g/mol. The van der Waals surface area contributed by atoms with Crippen molar-refractivity contribution < 1.29 is 19.8 Å². The van der Waals surface area contributed by atoms with E-state index in [0.29, 0.717) is 10.8 Å². The van der Waals surface area contributed by atoms with E-state index < -0.39 is 18.4 Å². The fourth-order valence-electron chi connectivity index (χ4n) is 2.14. The molecule has 0 saturated heterocycles. The lowest BCUT2D eigenvalue weighted by Gasteiger charge is -2.10. The van der Waals surface area contributed by atoms with E-state index in [1.54, 1.807) is 12.4 Å². The van der Waals surface area contributed by atoms with Crippen LogP contribution in [0.3, 0.4) is 0 Å². The van der Waals surface area contributed by atoms with Gasteiger partial charge >= 0.3 is 5.97 Å². The number of thioether (sulfide) groups is 1. The molecular formula is C15H13N5O4S.